The van der Waals surface area contributed by atoms with Gasteiger partial charge in [-0.1, -0.05) is 12.1 Å². The van der Waals surface area contributed by atoms with Gasteiger partial charge in [-0.05, 0) is 18.6 Å². The molecule has 1 aromatic carbocycles. The Kier molecular flexibility index (Phi) is 2.88. The second kappa shape index (κ2) is 3.80. The number of rotatable bonds is 1. The zero-order valence-electron chi connectivity index (χ0n) is 7.72. The molecule has 0 heterocycles. The van der Waals surface area contributed by atoms with Gasteiger partial charge in [0.05, 0.1) is 5.69 Å². The van der Waals surface area contributed by atoms with Crippen LogP contribution in [0.3, 0.4) is 0 Å². The Labute approximate surface area is 83.5 Å². The molecule has 3 nitrogen and oxygen atoms in total. The molecule has 0 radical (unpaired) electrons. The van der Waals surface area contributed by atoms with Crippen molar-refractivity contribution < 1.29 is 23.1 Å². The zero-order chi connectivity index (χ0) is 11.6. The maximum Gasteiger partial charge on any atom is 0.471 e. The third kappa shape index (κ3) is 2.61. The van der Waals surface area contributed by atoms with Gasteiger partial charge in [-0.25, -0.2) is 0 Å². The van der Waals surface area contributed by atoms with E-state index < -0.39 is 12.1 Å². The predicted octanol–water partition coefficient (Wildman–Crippen LogP) is 2.20. The van der Waals surface area contributed by atoms with E-state index in [9.17, 15) is 23.1 Å². The number of halogens is 3. The Balaban J connectivity index is 2.91. The number of amides is 1. The third-order valence-electron chi connectivity index (χ3n) is 1.74. The van der Waals surface area contributed by atoms with E-state index in [-0.39, 0.29) is 11.4 Å². The molecule has 0 aliphatic heterocycles. The van der Waals surface area contributed by atoms with Gasteiger partial charge in [-0.2, -0.15) is 13.2 Å². The number of aryl methyl sites for hydroxylation is 1. The highest BCUT2D eigenvalue weighted by atomic mass is 19.4. The van der Waals surface area contributed by atoms with Crippen LogP contribution < -0.4 is 5.32 Å². The van der Waals surface area contributed by atoms with Crippen LogP contribution in [0.4, 0.5) is 18.9 Å². The molecule has 0 spiro atoms. The first-order chi connectivity index (χ1) is 6.82. The Morgan fingerprint density at radius 2 is 2.00 bits per heavy atom. The summed E-state index contributed by atoms with van der Waals surface area (Å²) >= 11 is 0. The van der Waals surface area contributed by atoms with E-state index in [2.05, 4.69) is 0 Å². The first-order valence-corrected chi connectivity index (χ1v) is 3.99. The zero-order valence-corrected chi connectivity index (χ0v) is 7.72. The number of nitrogens with one attached hydrogen (secondary N) is 1. The highest BCUT2D eigenvalue weighted by Crippen LogP contribution is 2.28. The van der Waals surface area contributed by atoms with Gasteiger partial charge in [-0.15, -0.1) is 0 Å². The number of phenols is 1. The maximum atomic E-state index is 11.9. The van der Waals surface area contributed by atoms with Crippen LogP contribution >= 0.6 is 0 Å². The van der Waals surface area contributed by atoms with Crippen molar-refractivity contribution >= 4 is 11.6 Å². The minimum Gasteiger partial charge on any atom is -0.505 e. The molecule has 6 heteroatoms. The number of aromatic hydroxyl groups is 1. The number of hydrogen-bond donors (Lipinski definition) is 2. The summed E-state index contributed by atoms with van der Waals surface area (Å²) in [5.74, 6) is -2.47. The van der Waals surface area contributed by atoms with Crippen LogP contribution in [0, 0.1) is 6.92 Å². The lowest BCUT2D eigenvalue weighted by Gasteiger charge is -2.10. The largest absolute Gasteiger partial charge is 0.505 e. The van der Waals surface area contributed by atoms with Crippen molar-refractivity contribution in [1.29, 1.82) is 0 Å². The van der Waals surface area contributed by atoms with Gasteiger partial charge in [0.1, 0.15) is 5.75 Å². The minimum atomic E-state index is -4.96. The molecule has 0 fully saturated rings. The van der Waals surface area contributed by atoms with Gasteiger partial charge >= 0.3 is 12.1 Å². The van der Waals surface area contributed by atoms with Gasteiger partial charge in [0.25, 0.3) is 0 Å². The molecule has 1 amide bonds. The lowest BCUT2D eigenvalue weighted by atomic mass is 10.2. The standard InChI is InChI=1S/C9H8F3NO2/c1-5-3-2-4-6(7(5)14)13-8(15)9(10,11)12/h2-4,14H,1H3,(H,13,15). The number of para-hydroxylation sites is 1. The van der Waals surface area contributed by atoms with Gasteiger partial charge in [0, 0.05) is 0 Å². The van der Waals surface area contributed by atoms with E-state index in [1.54, 1.807) is 5.32 Å². The number of carbonyl (C=O) groups is 1. The number of anilines is 1. The van der Waals surface area contributed by atoms with Crippen LogP contribution in [0.15, 0.2) is 18.2 Å². The molecule has 0 unspecified atom stereocenters. The van der Waals surface area contributed by atoms with Crippen LogP contribution in [-0.2, 0) is 4.79 Å². The topological polar surface area (TPSA) is 49.3 Å². The molecule has 0 atom stereocenters. The average Bonchev–Trinajstić information content (AvgIpc) is 2.11. The van der Waals surface area contributed by atoms with E-state index in [0.717, 1.165) is 0 Å². The number of phenolic OH excluding ortho intramolecular Hbond substituents is 1. The SMILES string of the molecule is Cc1cccc(NC(=O)C(F)(F)F)c1O. The summed E-state index contributed by atoms with van der Waals surface area (Å²) in [6, 6.07) is 4.13. The highest BCUT2D eigenvalue weighted by Gasteiger charge is 2.39. The second-order valence-corrected chi connectivity index (χ2v) is 2.92. The summed E-state index contributed by atoms with van der Waals surface area (Å²) in [5.41, 5.74) is 0.132. The molecule has 82 valence electrons. The molecule has 1 rings (SSSR count). The van der Waals surface area contributed by atoms with E-state index in [0.29, 0.717) is 5.56 Å². The lowest BCUT2D eigenvalue weighted by Crippen LogP contribution is -2.29. The van der Waals surface area contributed by atoms with Crippen molar-refractivity contribution in [2.24, 2.45) is 0 Å². The first-order valence-electron chi connectivity index (χ1n) is 3.99. The number of benzene rings is 1. The summed E-state index contributed by atoms with van der Waals surface area (Å²) < 4.78 is 35.6. The smallest absolute Gasteiger partial charge is 0.471 e. The molecule has 0 aliphatic carbocycles. The Hall–Kier alpha value is -1.72. The van der Waals surface area contributed by atoms with Gasteiger partial charge in [0.15, 0.2) is 0 Å². The first kappa shape index (κ1) is 11.4. The quantitative estimate of drug-likeness (QED) is 0.711. The molecule has 0 aliphatic rings. The number of alkyl halides is 3. The minimum absolute atomic E-state index is 0.252. The van der Waals surface area contributed by atoms with Crippen LogP contribution in [-0.4, -0.2) is 17.2 Å². The van der Waals surface area contributed by atoms with Crippen molar-refractivity contribution in [2.75, 3.05) is 5.32 Å². The van der Waals surface area contributed by atoms with Crippen LogP contribution in [0.1, 0.15) is 5.56 Å². The second-order valence-electron chi connectivity index (χ2n) is 2.92. The maximum absolute atomic E-state index is 11.9. The van der Waals surface area contributed by atoms with Crippen LogP contribution in [0.25, 0.3) is 0 Å². The summed E-state index contributed by atoms with van der Waals surface area (Å²) in [7, 11) is 0. The molecule has 1 aromatic rings. The molecule has 0 saturated carbocycles. The molecular formula is C9H8F3NO2. The summed E-state index contributed by atoms with van der Waals surface area (Å²) in [6.07, 6.45) is -4.96. The van der Waals surface area contributed by atoms with E-state index in [1.807, 2.05) is 0 Å². The molecule has 15 heavy (non-hydrogen) atoms. The predicted molar refractivity (Wildman–Crippen MR) is 47.5 cm³/mol. The lowest BCUT2D eigenvalue weighted by molar-refractivity contribution is -0.167. The summed E-state index contributed by atoms with van der Waals surface area (Å²) in [4.78, 5) is 10.6. The molecule has 0 bridgehead atoms. The molecule has 0 saturated heterocycles. The van der Waals surface area contributed by atoms with Crippen molar-refractivity contribution in [3.05, 3.63) is 23.8 Å². The summed E-state index contributed by atoms with van der Waals surface area (Å²) in [6.45, 7) is 1.51. The fourth-order valence-electron chi connectivity index (χ4n) is 0.953. The normalized spacial score (nSPS) is 11.2. The van der Waals surface area contributed by atoms with Crippen molar-refractivity contribution in [2.45, 2.75) is 13.1 Å². The van der Waals surface area contributed by atoms with Crippen molar-refractivity contribution in [3.63, 3.8) is 0 Å². The summed E-state index contributed by atoms with van der Waals surface area (Å²) in [5, 5.41) is 10.9. The van der Waals surface area contributed by atoms with Gasteiger partial charge in [-0.3, -0.25) is 4.79 Å². The molecule has 2 N–H and O–H groups in total. The third-order valence-corrected chi connectivity index (χ3v) is 1.74. The highest BCUT2D eigenvalue weighted by molar-refractivity contribution is 5.96. The van der Waals surface area contributed by atoms with E-state index in [1.165, 1.54) is 25.1 Å². The van der Waals surface area contributed by atoms with E-state index >= 15 is 0 Å². The van der Waals surface area contributed by atoms with Gasteiger partial charge in [0.2, 0.25) is 0 Å². The average molecular weight is 219 g/mol. The van der Waals surface area contributed by atoms with Gasteiger partial charge < -0.3 is 10.4 Å². The fourth-order valence-corrected chi connectivity index (χ4v) is 0.953. The van der Waals surface area contributed by atoms with Crippen LogP contribution in [0.5, 0.6) is 5.75 Å². The number of carbonyl (C=O) groups excluding carboxylic acids is 1. The van der Waals surface area contributed by atoms with Crippen molar-refractivity contribution in [1.82, 2.24) is 0 Å². The fraction of sp³-hybridized carbons (Fsp3) is 0.222. The van der Waals surface area contributed by atoms with E-state index in [4.69, 9.17) is 0 Å². The Morgan fingerprint density at radius 1 is 1.40 bits per heavy atom. The molecule has 0 aromatic heterocycles. The van der Waals surface area contributed by atoms with Crippen LogP contribution in [0.2, 0.25) is 0 Å². The van der Waals surface area contributed by atoms with Crippen molar-refractivity contribution in [3.8, 4) is 5.75 Å². The number of hydrogen-bond acceptors (Lipinski definition) is 2. The Morgan fingerprint density at radius 3 is 2.53 bits per heavy atom. The molecular weight excluding hydrogens is 211 g/mol. The monoisotopic (exact) mass is 219 g/mol. The Bertz CT molecular complexity index is 387.